The van der Waals surface area contributed by atoms with E-state index in [1.807, 2.05) is 74.7 Å². The van der Waals surface area contributed by atoms with Crippen molar-refractivity contribution in [1.29, 1.82) is 0 Å². The molecule has 0 fully saturated rings. The van der Waals surface area contributed by atoms with Crippen LogP contribution in [0.2, 0.25) is 5.02 Å². The number of rotatable bonds is 11. The van der Waals surface area contributed by atoms with Gasteiger partial charge in [-0.25, -0.2) is 0 Å². The Hall–Kier alpha value is -2.35. The van der Waals surface area contributed by atoms with E-state index in [1.165, 1.54) is 0 Å². The third-order valence-electron chi connectivity index (χ3n) is 6.08. The minimum Gasteiger partial charge on any atom is -0.426 e. The summed E-state index contributed by atoms with van der Waals surface area (Å²) in [5.41, 5.74) is 1.82. The molecule has 1 aromatic heterocycles. The number of nitrogens with zero attached hydrogens (tertiary/aromatic N) is 1. The van der Waals surface area contributed by atoms with Crippen LogP contribution in [0.4, 0.5) is 0 Å². The Bertz CT molecular complexity index is 1160. The first-order valence-electron chi connectivity index (χ1n) is 11.9. The van der Waals surface area contributed by atoms with Crippen molar-refractivity contribution < 1.29 is 19.6 Å². The highest BCUT2D eigenvalue weighted by atomic mass is 35.5. The summed E-state index contributed by atoms with van der Waals surface area (Å²) in [4.78, 5) is 26.3. The number of nitrogens with one attached hydrogen (secondary N) is 1. The van der Waals surface area contributed by atoms with Crippen LogP contribution >= 0.6 is 11.6 Å². The molecule has 0 saturated heterocycles. The molecule has 3 N–H and O–H groups in total. The van der Waals surface area contributed by atoms with Gasteiger partial charge in [0.05, 0.1) is 18.0 Å². The van der Waals surface area contributed by atoms with E-state index in [1.54, 1.807) is 0 Å². The zero-order valence-corrected chi connectivity index (χ0v) is 21.0. The molecule has 0 aliphatic rings. The van der Waals surface area contributed by atoms with Crippen LogP contribution in [0.25, 0.3) is 21.8 Å². The number of fused-ring (bicyclic) bond motifs is 3. The minimum atomic E-state index is -1.65. The van der Waals surface area contributed by atoms with Crippen LogP contribution in [0, 0.1) is 17.8 Å². The first kappa shape index (κ1) is 26.3. The van der Waals surface area contributed by atoms with Crippen molar-refractivity contribution in [2.75, 3.05) is 0 Å². The number of carbonyl (C=O) groups is 2. The molecule has 6 nitrogen and oxygen atoms in total. The molecule has 3 aromatic rings. The smallest absolute Gasteiger partial charge is 0.426 e. The monoisotopic (exact) mass is 484 g/mol. The van der Waals surface area contributed by atoms with Gasteiger partial charge < -0.3 is 19.9 Å². The first-order chi connectivity index (χ1) is 16.1. The molecule has 0 aliphatic heterocycles. The average molecular weight is 485 g/mol. The summed E-state index contributed by atoms with van der Waals surface area (Å²) in [5.74, 6) is -1.30. The van der Waals surface area contributed by atoms with Crippen LogP contribution in [-0.4, -0.2) is 39.4 Å². The number of halogens is 1. The SMILES string of the molecule is CC(C)C[C@H](CC(=O)Cn1c2ccccc2c2ccc(Cl)cc21)C(=O)N[C@@H](CC(C)C)B(O)O. The molecule has 2 atom stereocenters. The maximum absolute atomic E-state index is 13.2. The van der Waals surface area contributed by atoms with Gasteiger partial charge in [0.15, 0.2) is 5.78 Å². The van der Waals surface area contributed by atoms with E-state index in [0.717, 1.165) is 21.8 Å². The van der Waals surface area contributed by atoms with Crippen molar-refractivity contribution in [3.05, 3.63) is 47.5 Å². The second-order valence-corrected chi connectivity index (χ2v) is 10.4. The number of hydrogen-bond acceptors (Lipinski definition) is 4. The maximum Gasteiger partial charge on any atom is 0.475 e. The Morgan fingerprint density at radius 3 is 2.26 bits per heavy atom. The zero-order chi connectivity index (χ0) is 25.0. The molecule has 8 heteroatoms. The Labute approximate surface area is 206 Å². The minimum absolute atomic E-state index is 0.0617. The number of carbonyl (C=O) groups excluding carboxylic acids is 2. The molecule has 1 amide bonds. The van der Waals surface area contributed by atoms with Crippen molar-refractivity contribution in [3.63, 3.8) is 0 Å². The van der Waals surface area contributed by atoms with E-state index in [-0.39, 0.29) is 36.5 Å². The Balaban J connectivity index is 1.83. The molecular weight excluding hydrogens is 451 g/mol. The molecule has 0 unspecified atom stereocenters. The predicted molar refractivity (Wildman–Crippen MR) is 139 cm³/mol. The number of Topliss-reactive ketones (excluding diaryl/α,β-unsaturated/α-hetero) is 1. The predicted octanol–water partition coefficient (Wildman–Crippen LogP) is 4.61. The highest BCUT2D eigenvalue weighted by Gasteiger charge is 2.30. The summed E-state index contributed by atoms with van der Waals surface area (Å²) in [6.07, 6.45) is 1.05. The van der Waals surface area contributed by atoms with Crippen molar-refractivity contribution >= 4 is 52.2 Å². The average Bonchev–Trinajstić information content (AvgIpc) is 3.05. The lowest BCUT2D eigenvalue weighted by Gasteiger charge is -2.24. The third-order valence-corrected chi connectivity index (χ3v) is 6.32. The number of aromatic nitrogens is 1. The van der Waals surface area contributed by atoms with E-state index in [2.05, 4.69) is 5.32 Å². The highest BCUT2D eigenvalue weighted by molar-refractivity contribution is 6.43. The largest absolute Gasteiger partial charge is 0.475 e. The van der Waals surface area contributed by atoms with E-state index < -0.39 is 19.0 Å². The van der Waals surface area contributed by atoms with Crippen LogP contribution in [0.15, 0.2) is 42.5 Å². The van der Waals surface area contributed by atoms with Gasteiger partial charge in [-0.2, -0.15) is 0 Å². The van der Waals surface area contributed by atoms with Crippen LogP contribution in [0.1, 0.15) is 47.0 Å². The second-order valence-electron chi connectivity index (χ2n) is 9.99. The van der Waals surface area contributed by atoms with Gasteiger partial charge in [0, 0.05) is 33.7 Å². The van der Waals surface area contributed by atoms with Crippen molar-refractivity contribution in [2.45, 2.75) is 59.4 Å². The van der Waals surface area contributed by atoms with Crippen LogP contribution in [0.3, 0.4) is 0 Å². The third kappa shape index (κ3) is 6.41. The summed E-state index contributed by atoms with van der Waals surface area (Å²) in [6, 6.07) is 13.6. The first-order valence-corrected chi connectivity index (χ1v) is 12.3. The van der Waals surface area contributed by atoms with Gasteiger partial charge in [-0.3, -0.25) is 9.59 Å². The summed E-state index contributed by atoms with van der Waals surface area (Å²) in [5, 5.41) is 24.9. The maximum atomic E-state index is 13.2. The fraction of sp³-hybridized carbons (Fsp3) is 0.462. The molecule has 34 heavy (non-hydrogen) atoms. The molecule has 0 spiro atoms. The number of benzene rings is 2. The van der Waals surface area contributed by atoms with E-state index in [9.17, 15) is 19.6 Å². The molecule has 3 rings (SSSR count). The number of para-hydroxylation sites is 1. The second kappa shape index (κ2) is 11.4. The van der Waals surface area contributed by atoms with E-state index in [0.29, 0.717) is 17.9 Å². The lowest BCUT2D eigenvalue weighted by Crippen LogP contribution is -2.49. The fourth-order valence-corrected chi connectivity index (χ4v) is 4.79. The topological polar surface area (TPSA) is 91.6 Å². The molecule has 0 radical (unpaired) electrons. The normalized spacial score (nSPS) is 13.6. The molecule has 0 saturated carbocycles. The number of ketones is 1. The summed E-state index contributed by atoms with van der Waals surface area (Å²) >= 11 is 6.26. The van der Waals surface area contributed by atoms with E-state index in [4.69, 9.17) is 11.6 Å². The molecule has 1 heterocycles. The standard InChI is InChI=1S/C26H34BClN2O4/c1-16(2)11-18(26(32)29-25(27(33)34)12-17(3)4)13-20(31)15-30-23-8-6-5-7-21(23)22-10-9-19(28)14-24(22)30/h5-10,14,16-18,25,33-34H,11-13,15H2,1-4H3,(H,29,32)/t18-,25+/m1/s1. The van der Waals surface area contributed by atoms with Crippen molar-refractivity contribution in [2.24, 2.45) is 17.8 Å². The number of hydrogen-bond donors (Lipinski definition) is 3. The van der Waals surface area contributed by atoms with Gasteiger partial charge in [-0.05, 0) is 42.9 Å². The lowest BCUT2D eigenvalue weighted by molar-refractivity contribution is -0.130. The van der Waals surface area contributed by atoms with Crippen LogP contribution < -0.4 is 5.32 Å². The zero-order valence-electron chi connectivity index (χ0n) is 20.3. The lowest BCUT2D eigenvalue weighted by atomic mass is 9.74. The Kier molecular flexibility index (Phi) is 8.80. The van der Waals surface area contributed by atoms with Crippen molar-refractivity contribution in [3.8, 4) is 0 Å². The summed E-state index contributed by atoms with van der Waals surface area (Å²) in [7, 11) is -1.65. The van der Waals surface area contributed by atoms with Gasteiger partial charge in [-0.1, -0.05) is 63.6 Å². The molecule has 2 aromatic carbocycles. The van der Waals surface area contributed by atoms with Gasteiger partial charge in [-0.15, -0.1) is 0 Å². The van der Waals surface area contributed by atoms with Gasteiger partial charge >= 0.3 is 7.12 Å². The van der Waals surface area contributed by atoms with Gasteiger partial charge in [0.25, 0.3) is 0 Å². The van der Waals surface area contributed by atoms with E-state index >= 15 is 0 Å². The number of amides is 1. The Morgan fingerprint density at radius 1 is 0.971 bits per heavy atom. The van der Waals surface area contributed by atoms with Crippen molar-refractivity contribution in [1.82, 2.24) is 9.88 Å². The van der Waals surface area contributed by atoms with Gasteiger partial charge in [0.1, 0.15) is 0 Å². The molecular formula is C26H34BClN2O4. The Morgan fingerprint density at radius 2 is 1.62 bits per heavy atom. The highest BCUT2D eigenvalue weighted by Crippen LogP contribution is 2.31. The molecule has 0 aliphatic carbocycles. The van der Waals surface area contributed by atoms with Crippen LogP contribution in [0.5, 0.6) is 0 Å². The van der Waals surface area contributed by atoms with Gasteiger partial charge in [0.2, 0.25) is 5.91 Å². The fourth-order valence-electron chi connectivity index (χ4n) is 4.62. The molecule has 0 bridgehead atoms. The van der Waals surface area contributed by atoms with Crippen LogP contribution in [-0.2, 0) is 16.1 Å². The molecule has 182 valence electrons. The summed E-state index contributed by atoms with van der Waals surface area (Å²) < 4.78 is 1.96. The quantitative estimate of drug-likeness (QED) is 0.347. The summed E-state index contributed by atoms with van der Waals surface area (Å²) in [6.45, 7) is 8.05.